The van der Waals surface area contributed by atoms with E-state index in [9.17, 15) is 13.9 Å². The molecule has 1 unspecified atom stereocenters. The van der Waals surface area contributed by atoms with Crippen molar-refractivity contribution < 1.29 is 23.4 Å². The van der Waals surface area contributed by atoms with E-state index in [-0.39, 0.29) is 18.2 Å². The number of rotatable bonds is 13. The Morgan fingerprint density at radius 2 is 1.77 bits per heavy atom. The van der Waals surface area contributed by atoms with Crippen LogP contribution >= 0.6 is 0 Å². The molecule has 0 saturated heterocycles. The van der Waals surface area contributed by atoms with Crippen LogP contribution in [0.4, 0.5) is 8.78 Å². The van der Waals surface area contributed by atoms with Crippen molar-refractivity contribution in [1.82, 2.24) is 14.7 Å². The summed E-state index contributed by atoms with van der Waals surface area (Å²) in [5.41, 5.74) is 2.06. The van der Waals surface area contributed by atoms with Crippen LogP contribution in [0.1, 0.15) is 38.4 Å². The number of nitrogens with zero attached hydrogens (tertiary/aromatic N) is 3. The summed E-state index contributed by atoms with van der Waals surface area (Å²) < 4.78 is 41.3. The summed E-state index contributed by atoms with van der Waals surface area (Å²) in [6, 6.07) is 12.1. The van der Waals surface area contributed by atoms with Crippen molar-refractivity contribution in [1.29, 1.82) is 0 Å². The van der Waals surface area contributed by atoms with Crippen molar-refractivity contribution in [2.45, 2.75) is 46.8 Å². The van der Waals surface area contributed by atoms with Crippen LogP contribution in [-0.2, 0) is 11.3 Å². The van der Waals surface area contributed by atoms with Crippen LogP contribution in [0.2, 0.25) is 0 Å². The Balaban J connectivity index is 1.91. The van der Waals surface area contributed by atoms with E-state index < -0.39 is 11.9 Å². The number of para-hydroxylation sites is 1. The second-order valence-electron chi connectivity index (χ2n) is 9.11. The van der Waals surface area contributed by atoms with Crippen molar-refractivity contribution in [3.05, 3.63) is 71.4 Å². The number of aliphatic hydroxyl groups excluding tert-OH is 1. The Kier molecular flexibility index (Phi) is 9.77. The molecule has 1 N–H and O–H groups in total. The first-order chi connectivity index (χ1) is 16.8. The van der Waals surface area contributed by atoms with Crippen LogP contribution in [0.3, 0.4) is 0 Å². The van der Waals surface area contributed by atoms with Gasteiger partial charge in [-0.3, -0.25) is 4.90 Å². The Labute approximate surface area is 206 Å². The van der Waals surface area contributed by atoms with Gasteiger partial charge in [-0.05, 0) is 62.2 Å². The molecule has 0 saturated carbocycles. The number of aromatic nitrogens is 2. The lowest BCUT2D eigenvalue weighted by Crippen LogP contribution is -2.35. The maximum atomic E-state index is 14.5. The molecular weight excluding hydrogens is 452 g/mol. The first-order valence-electron chi connectivity index (χ1n) is 12.0. The summed E-state index contributed by atoms with van der Waals surface area (Å²) in [4.78, 5) is 2.11. The number of hydrogen-bond donors (Lipinski definition) is 1. The van der Waals surface area contributed by atoms with Gasteiger partial charge in [0, 0.05) is 19.7 Å². The van der Waals surface area contributed by atoms with Crippen LogP contribution < -0.4 is 4.74 Å². The van der Waals surface area contributed by atoms with E-state index in [4.69, 9.17) is 9.47 Å². The third-order valence-corrected chi connectivity index (χ3v) is 5.40. The molecule has 1 aromatic heterocycles. The molecule has 1 heterocycles. The van der Waals surface area contributed by atoms with E-state index in [0.717, 1.165) is 18.5 Å². The third kappa shape index (κ3) is 7.59. The molecule has 3 aromatic rings. The van der Waals surface area contributed by atoms with Gasteiger partial charge in [-0.1, -0.05) is 32.9 Å². The maximum absolute atomic E-state index is 14.5. The van der Waals surface area contributed by atoms with Crippen LogP contribution in [0.15, 0.2) is 48.5 Å². The molecule has 3 rings (SSSR count). The Morgan fingerprint density at radius 3 is 2.43 bits per heavy atom. The van der Waals surface area contributed by atoms with Gasteiger partial charge in [0.15, 0.2) is 11.6 Å². The third-order valence-electron chi connectivity index (χ3n) is 5.40. The molecule has 0 bridgehead atoms. The Morgan fingerprint density at radius 1 is 1.06 bits per heavy atom. The highest BCUT2D eigenvalue weighted by Crippen LogP contribution is 2.33. The van der Waals surface area contributed by atoms with Crippen molar-refractivity contribution in [2.24, 2.45) is 5.92 Å². The van der Waals surface area contributed by atoms with Crippen molar-refractivity contribution in [3.8, 4) is 17.3 Å². The van der Waals surface area contributed by atoms with E-state index in [0.29, 0.717) is 42.9 Å². The van der Waals surface area contributed by atoms with Gasteiger partial charge in [-0.25, -0.2) is 13.5 Å². The van der Waals surface area contributed by atoms with Gasteiger partial charge in [0.05, 0.1) is 29.7 Å². The predicted octanol–water partition coefficient (Wildman–Crippen LogP) is 5.50. The number of aliphatic hydroxyl groups is 1. The van der Waals surface area contributed by atoms with Crippen LogP contribution in [0, 0.1) is 24.5 Å². The molecule has 0 spiro atoms. The second-order valence-corrected chi connectivity index (χ2v) is 9.11. The van der Waals surface area contributed by atoms with Crippen molar-refractivity contribution >= 4 is 0 Å². The average molecular weight is 488 g/mol. The first kappa shape index (κ1) is 26.8. The number of ether oxygens (including phenoxy) is 2. The fourth-order valence-electron chi connectivity index (χ4n) is 3.78. The monoisotopic (exact) mass is 487 g/mol. The lowest BCUT2D eigenvalue weighted by Gasteiger charge is -2.25. The minimum atomic E-state index is -0.649. The fourth-order valence-corrected chi connectivity index (χ4v) is 3.78. The molecule has 35 heavy (non-hydrogen) atoms. The maximum Gasteiger partial charge on any atom is 0.227 e. The highest BCUT2D eigenvalue weighted by Gasteiger charge is 2.23. The lowest BCUT2D eigenvalue weighted by molar-refractivity contribution is 0.00681. The Bertz CT molecular complexity index is 1070. The van der Waals surface area contributed by atoms with Gasteiger partial charge in [0.1, 0.15) is 5.82 Å². The summed E-state index contributed by atoms with van der Waals surface area (Å²) >= 11 is 0. The SMILES string of the molecule is CCCN(Cc1c(C)nn(-c2ccc(F)cc2)c1Oc1ccccc1F)CC(O)COCC(C)C. The molecule has 0 aliphatic rings. The minimum Gasteiger partial charge on any atom is -0.435 e. The topological polar surface area (TPSA) is 59.8 Å². The van der Waals surface area contributed by atoms with Crippen molar-refractivity contribution in [2.75, 3.05) is 26.3 Å². The molecule has 2 aromatic carbocycles. The lowest BCUT2D eigenvalue weighted by atomic mass is 10.2. The van der Waals surface area contributed by atoms with Gasteiger partial charge in [0.25, 0.3) is 0 Å². The van der Waals surface area contributed by atoms with Gasteiger partial charge >= 0.3 is 0 Å². The van der Waals surface area contributed by atoms with Crippen LogP contribution in [0.25, 0.3) is 5.69 Å². The van der Waals surface area contributed by atoms with E-state index in [2.05, 4.69) is 30.8 Å². The largest absolute Gasteiger partial charge is 0.435 e. The molecular formula is C27H35F2N3O3. The summed E-state index contributed by atoms with van der Waals surface area (Å²) in [7, 11) is 0. The van der Waals surface area contributed by atoms with Gasteiger partial charge in [-0.15, -0.1) is 0 Å². The molecule has 0 radical (unpaired) electrons. The summed E-state index contributed by atoms with van der Waals surface area (Å²) in [5, 5.41) is 15.2. The number of aryl methyl sites for hydroxylation is 1. The quantitative estimate of drug-likeness (QED) is 0.345. The summed E-state index contributed by atoms with van der Waals surface area (Å²) in [5.74, 6) is -0.0395. The molecule has 0 aliphatic heterocycles. The average Bonchev–Trinajstić information content (AvgIpc) is 3.10. The highest BCUT2D eigenvalue weighted by molar-refractivity contribution is 5.43. The predicted molar refractivity (Wildman–Crippen MR) is 132 cm³/mol. The number of hydrogen-bond acceptors (Lipinski definition) is 5. The van der Waals surface area contributed by atoms with Gasteiger partial charge < -0.3 is 14.6 Å². The van der Waals surface area contributed by atoms with Crippen LogP contribution in [-0.4, -0.2) is 52.2 Å². The van der Waals surface area contributed by atoms with Crippen molar-refractivity contribution in [3.63, 3.8) is 0 Å². The standard InChI is InChI=1S/C27H35F2N3O3/c1-5-14-31(15-23(33)18-34-17-19(2)3)16-24-20(4)30-32(22-12-10-21(28)11-13-22)27(24)35-26-9-7-6-8-25(26)29/h6-13,19,23,33H,5,14-18H2,1-4H3. The van der Waals surface area contributed by atoms with E-state index >= 15 is 0 Å². The molecule has 6 nitrogen and oxygen atoms in total. The second kappa shape index (κ2) is 12.8. The normalized spacial score (nSPS) is 12.5. The molecule has 8 heteroatoms. The molecule has 190 valence electrons. The minimum absolute atomic E-state index is 0.0705. The molecule has 1 atom stereocenters. The Hall–Kier alpha value is -2.81. The highest BCUT2D eigenvalue weighted by atomic mass is 19.1. The smallest absolute Gasteiger partial charge is 0.227 e. The molecule has 0 aliphatic carbocycles. The van der Waals surface area contributed by atoms with E-state index in [1.54, 1.807) is 35.0 Å². The number of halogens is 2. The van der Waals surface area contributed by atoms with E-state index in [1.165, 1.54) is 18.2 Å². The molecule has 0 fully saturated rings. The number of benzene rings is 2. The zero-order chi connectivity index (χ0) is 25.4. The van der Waals surface area contributed by atoms with Gasteiger partial charge in [0.2, 0.25) is 5.88 Å². The summed E-state index contributed by atoms with van der Waals surface area (Å²) in [6.07, 6.45) is 0.234. The fraction of sp³-hybridized carbons (Fsp3) is 0.444. The van der Waals surface area contributed by atoms with E-state index in [1.807, 2.05) is 6.92 Å². The zero-order valence-electron chi connectivity index (χ0n) is 20.9. The first-order valence-corrected chi connectivity index (χ1v) is 12.0. The zero-order valence-corrected chi connectivity index (χ0v) is 20.9. The van der Waals surface area contributed by atoms with Crippen LogP contribution in [0.5, 0.6) is 11.6 Å². The van der Waals surface area contributed by atoms with Gasteiger partial charge in [-0.2, -0.15) is 5.10 Å². The molecule has 0 amide bonds. The summed E-state index contributed by atoms with van der Waals surface area (Å²) in [6.45, 7) is 10.5.